The van der Waals surface area contributed by atoms with E-state index in [4.69, 9.17) is 10.5 Å². The van der Waals surface area contributed by atoms with Crippen molar-refractivity contribution in [3.8, 4) is 0 Å². The maximum atomic E-state index is 15.0. The Morgan fingerprint density at radius 1 is 1.17 bits per heavy atom. The van der Waals surface area contributed by atoms with Crippen molar-refractivity contribution in [1.29, 1.82) is 0 Å². The number of aryl methyl sites for hydroxylation is 1. The number of amides is 2. The number of rotatable bonds is 2. The SMILES string of the molecule is Cc1[nH]c2c(C(N)=O)c(F)c(F)c(C3CCCN(C(=O)OC(C)(C)C)C3)c2c1F. The summed E-state index contributed by atoms with van der Waals surface area (Å²) in [6.07, 6.45) is 0.359. The average molecular weight is 411 g/mol. The van der Waals surface area contributed by atoms with Gasteiger partial charge in [-0.1, -0.05) is 0 Å². The number of hydrogen-bond acceptors (Lipinski definition) is 3. The van der Waals surface area contributed by atoms with Gasteiger partial charge in [0.25, 0.3) is 5.91 Å². The van der Waals surface area contributed by atoms with Gasteiger partial charge in [0.05, 0.1) is 5.52 Å². The lowest BCUT2D eigenvalue weighted by atomic mass is 9.86. The largest absolute Gasteiger partial charge is 0.444 e. The molecule has 9 heteroatoms. The minimum Gasteiger partial charge on any atom is -0.444 e. The van der Waals surface area contributed by atoms with E-state index in [9.17, 15) is 18.4 Å². The highest BCUT2D eigenvalue weighted by Crippen LogP contribution is 2.39. The molecule has 0 saturated carbocycles. The summed E-state index contributed by atoms with van der Waals surface area (Å²) in [5.74, 6) is -5.38. The van der Waals surface area contributed by atoms with Gasteiger partial charge < -0.3 is 20.4 Å². The van der Waals surface area contributed by atoms with E-state index in [-0.39, 0.29) is 28.7 Å². The highest BCUT2D eigenvalue weighted by atomic mass is 19.2. The van der Waals surface area contributed by atoms with Crippen LogP contribution in [0, 0.1) is 24.4 Å². The van der Waals surface area contributed by atoms with E-state index >= 15 is 4.39 Å². The number of primary amides is 1. The van der Waals surface area contributed by atoms with Crippen LogP contribution in [0.5, 0.6) is 0 Å². The molecule has 2 amide bonds. The highest BCUT2D eigenvalue weighted by Gasteiger charge is 2.35. The molecule has 0 radical (unpaired) electrons. The van der Waals surface area contributed by atoms with Gasteiger partial charge >= 0.3 is 6.09 Å². The van der Waals surface area contributed by atoms with E-state index in [1.807, 2.05) is 0 Å². The number of benzene rings is 1. The fourth-order valence-corrected chi connectivity index (χ4v) is 3.81. The number of nitrogens with one attached hydrogen (secondary N) is 1. The first-order chi connectivity index (χ1) is 13.4. The second-order valence-corrected chi connectivity index (χ2v) is 8.36. The minimum atomic E-state index is -1.42. The van der Waals surface area contributed by atoms with Gasteiger partial charge in [0.1, 0.15) is 11.2 Å². The van der Waals surface area contributed by atoms with Crippen LogP contribution in [0.2, 0.25) is 0 Å². The first-order valence-electron chi connectivity index (χ1n) is 9.38. The lowest BCUT2D eigenvalue weighted by molar-refractivity contribution is 0.0197. The average Bonchev–Trinajstić information content (AvgIpc) is 2.89. The standard InChI is InChI=1S/C20H24F3N3O3/c1-9-14(21)12-11(15(22)16(23)13(18(24)27)17(12)25-9)10-6-5-7-26(8-10)19(28)29-20(2,3)4/h10,25H,5-8H2,1-4H3,(H2,24,27). The zero-order valence-corrected chi connectivity index (χ0v) is 16.8. The molecule has 3 N–H and O–H groups in total. The quantitative estimate of drug-likeness (QED) is 0.780. The molecule has 1 aliphatic rings. The molecule has 29 heavy (non-hydrogen) atoms. The predicted octanol–water partition coefficient (Wildman–Crippen LogP) is 4.11. The van der Waals surface area contributed by atoms with Crippen LogP contribution in [0.15, 0.2) is 0 Å². The number of H-pyrrole nitrogens is 1. The maximum absolute atomic E-state index is 15.0. The summed E-state index contributed by atoms with van der Waals surface area (Å²) < 4.78 is 49.9. The van der Waals surface area contributed by atoms with Gasteiger partial charge in [-0.2, -0.15) is 0 Å². The number of carbonyl (C=O) groups is 2. The van der Waals surface area contributed by atoms with E-state index in [0.717, 1.165) is 0 Å². The van der Waals surface area contributed by atoms with Crippen LogP contribution in [-0.2, 0) is 4.74 Å². The van der Waals surface area contributed by atoms with Crippen LogP contribution in [0.1, 0.15) is 61.1 Å². The molecular weight excluding hydrogens is 387 g/mol. The molecule has 6 nitrogen and oxygen atoms in total. The van der Waals surface area contributed by atoms with E-state index in [1.165, 1.54) is 11.8 Å². The Hall–Kier alpha value is -2.71. The fourth-order valence-electron chi connectivity index (χ4n) is 3.81. The lowest BCUT2D eigenvalue weighted by Crippen LogP contribution is -2.42. The maximum Gasteiger partial charge on any atom is 0.410 e. The number of ether oxygens (including phenoxy) is 1. The molecular formula is C20H24F3N3O3. The van der Waals surface area contributed by atoms with Crippen LogP contribution < -0.4 is 5.73 Å². The van der Waals surface area contributed by atoms with Crippen molar-refractivity contribution in [3.63, 3.8) is 0 Å². The van der Waals surface area contributed by atoms with Crippen LogP contribution >= 0.6 is 0 Å². The van der Waals surface area contributed by atoms with Crippen molar-refractivity contribution in [1.82, 2.24) is 9.88 Å². The number of aromatic amines is 1. The zero-order valence-electron chi connectivity index (χ0n) is 16.8. The molecule has 0 spiro atoms. The Kier molecular flexibility index (Phi) is 5.27. The van der Waals surface area contributed by atoms with Gasteiger partial charge in [-0.3, -0.25) is 4.79 Å². The van der Waals surface area contributed by atoms with E-state index in [1.54, 1.807) is 20.8 Å². The summed E-state index contributed by atoms with van der Waals surface area (Å²) in [5, 5.41) is -0.203. The molecule has 1 atom stereocenters. The lowest BCUT2D eigenvalue weighted by Gasteiger charge is -2.34. The van der Waals surface area contributed by atoms with Crippen molar-refractivity contribution < 1.29 is 27.5 Å². The van der Waals surface area contributed by atoms with E-state index in [2.05, 4.69) is 4.98 Å². The van der Waals surface area contributed by atoms with Gasteiger partial charge in [-0.15, -0.1) is 0 Å². The highest BCUT2D eigenvalue weighted by molar-refractivity contribution is 6.06. The molecule has 158 valence electrons. The number of nitrogens with two attached hydrogens (primary N) is 1. The second kappa shape index (κ2) is 7.27. The zero-order chi connectivity index (χ0) is 21.7. The van der Waals surface area contributed by atoms with Crippen molar-refractivity contribution in [2.75, 3.05) is 13.1 Å². The third-order valence-electron chi connectivity index (χ3n) is 5.01. The predicted molar refractivity (Wildman–Crippen MR) is 101 cm³/mol. The fraction of sp³-hybridized carbons (Fsp3) is 0.500. The van der Waals surface area contributed by atoms with E-state index in [0.29, 0.717) is 19.4 Å². The Morgan fingerprint density at radius 2 is 1.83 bits per heavy atom. The summed E-state index contributed by atoms with van der Waals surface area (Å²) >= 11 is 0. The topological polar surface area (TPSA) is 88.4 Å². The normalized spacial score (nSPS) is 17.6. The Morgan fingerprint density at radius 3 is 2.41 bits per heavy atom. The summed E-state index contributed by atoms with van der Waals surface area (Å²) in [6.45, 7) is 7.02. The van der Waals surface area contributed by atoms with Crippen molar-refractivity contribution in [3.05, 3.63) is 34.3 Å². The van der Waals surface area contributed by atoms with Crippen molar-refractivity contribution >= 4 is 22.9 Å². The summed E-state index contributed by atoms with van der Waals surface area (Å²) in [6, 6.07) is 0. The molecule has 1 unspecified atom stereocenters. The number of likely N-dealkylation sites (tertiary alicyclic amines) is 1. The molecule has 2 aromatic rings. The van der Waals surface area contributed by atoms with Crippen LogP contribution in [0.25, 0.3) is 10.9 Å². The minimum absolute atomic E-state index is 0.0357. The summed E-state index contributed by atoms with van der Waals surface area (Å²) in [5.41, 5.74) is 3.45. The molecule has 2 heterocycles. The molecule has 1 saturated heterocycles. The summed E-state index contributed by atoms with van der Waals surface area (Å²) in [4.78, 5) is 28.1. The number of halogens is 3. The monoisotopic (exact) mass is 411 g/mol. The third-order valence-corrected chi connectivity index (χ3v) is 5.01. The molecule has 3 rings (SSSR count). The second-order valence-electron chi connectivity index (χ2n) is 8.36. The van der Waals surface area contributed by atoms with Gasteiger partial charge in [-0.25, -0.2) is 18.0 Å². The molecule has 0 bridgehead atoms. The third kappa shape index (κ3) is 3.77. The van der Waals surface area contributed by atoms with Crippen LogP contribution in [0.3, 0.4) is 0 Å². The number of fused-ring (bicyclic) bond motifs is 1. The first kappa shape index (κ1) is 21.0. The molecule has 1 aromatic carbocycles. The first-order valence-corrected chi connectivity index (χ1v) is 9.38. The number of carbonyl (C=O) groups excluding carboxylic acids is 2. The number of nitrogens with zero attached hydrogens (tertiary/aromatic N) is 1. The van der Waals surface area contributed by atoms with Crippen LogP contribution in [-0.4, -0.2) is 40.6 Å². The molecule has 1 fully saturated rings. The molecule has 0 aliphatic carbocycles. The van der Waals surface area contributed by atoms with Gasteiger partial charge in [0.2, 0.25) is 0 Å². The molecule has 1 aliphatic heterocycles. The van der Waals surface area contributed by atoms with Gasteiger partial charge in [0, 0.05) is 35.7 Å². The Bertz CT molecular complexity index is 995. The van der Waals surface area contributed by atoms with Gasteiger partial charge in [0.15, 0.2) is 17.5 Å². The Labute approximate surface area is 166 Å². The smallest absolute Gasteiger partial charge is 0.410 e. The van der Waals surface area contributed by atoms with Crippen molar-refractivity contribution in [2.24, 2.45) is 5.73 Å². The molecule has 1 aromatic heterocycles. The van der Waals surface area contributed by atoms with Crippen molar-refractivity contribution in [2.45, 2.75) is 52.1 Å². The number of aromatic nitrogens is 1. The number of hydrogen-bond donors (Lipinski definition) is 2. The Balaban J connectivity index is 2.10. The van der Waals surface area contributed by atoms with E-state index < -0.39 is 46.5 Å². The van der Waals surface area contributed by atoms with Crippen LogP contribution in [0.4, 0.5) is 18.0 Å². The number of piperidine rings is 1. The van der Waals surface area contributed by atoms with Gasteiger partial charge in [-0.05, 0) is 40.5 Å². The summed E-state index contributed by atoms with van der Waals surface area (Å²) in [7, 11) is 0.